The van der Waals surface area contributed by atoms with Gasteiger partial charge in [0.1, 0.15) is 6.10 Å². The summed E-state index contributed by atoms with van der Waals surface area (Å²) in [6, 6.07) is 12.5. The third-order valence-electron chi connectivity index (χ3n) is 4.27. The Morgan fingerprint density at radius 2 is 1.66 bits per heavy atom. The van der Waals surface area contributed by atoms with Crippen molar-refractivity contribution in [3.05, 3.63) is 69.7 Å². The molecule has 2 rings (SSSR count). The lowest BCUT2D eigenvalue weighted by Gasteiger charge is -2.18. The number of benzene rings is 2. The van der Waals surface area contributed by atoms with Crippen molar-refractivity contribution in [3.8, 4) is 0 Å². The van der Waals surface area contributed by atoms with Gasteiger partial charge in [0.25, 0.3) is 6.47 Å². The SMILES string of the molecule is CCOC(=O)c1ccc(CCC(OC=O)c2ccccc2)c(C(=O)OCC)c1Cl. The molecule has 0 aromatic heterocycles. The van der Waals surface area contributed by atoms with Gasteiger partial charge in [-0.05, 0) is 43.9 Å². The van der Waals surface area contributed by atoms with Crippen molar-refractivity contribution in [2.75, 3.05) is 13.2 Å². The van der Waals surface area contributed by atoms with Crippen molar-refractivity contribution in [2.45, 2.75) is 32.8 Å². The van der Waals surface area contributed by atoms with Crippen molar-refractivity contribution < 1.29 is 28.6 Å². The lowest BCUT2D eigenvalue weighted by atomic mass is 9.96. The minimum atomic E-state index is -0.619. The van der Waals surface area contributed by atoms with Crippen LogP contribution in [0.15, 0.2) is 42.5 Å². The number of hydrogen-bond donors (Lipinski definition) is 0. The molecule has 0 amide bonds. The minimum absolute atomic E-state index is 0.00744. The number of aryl methyl sites for hydroxylation is 1. The Bertz CT molecular complexity index is 850. The predicted octanol–water partition coefficient (Wildman–Crippen LogP) is 4.54. The van der Waals surface area contributed by atoms with E-state index < -0.39 is 18.0 Å². The molecule has 0 heterocycles. The number of halogens is 1. The Labute approximate surface area is 174 Å². The topological polar surface area (TPSA) is 78.9 Å². The summed E-state index contributed by atoms with van der Waals surface area (Å²) in [5.41, 5.74) is 1.66. The maximum Gasteiger partial charge on any atom is 0.339 e. The van der Waals surface area contributed by atoms with Gasteiger partial charge >= 0.3 is 11.9 Å². The van der Waals surface area contributed by atoms with Crippen LogP contribution in [0, 0.1) is 0 Å². The first-order valence-electron chi connectivity index (χ1n) is 9.33. The second-order valence-electron chi connectivity index (χ2n) is 6.07. The van der Waals surface area contributed by atoms with E-state index in [1.54, 1.807) is 19.9 Å². The summed E-state index contributed by atoms with van der Waals surface area (Å²) in [7, 11) is 0. The van der Waals surface area contributed by atoms with Gasteiger partial charge in [0, 0.05) is 0 Å². The fraction of sp³-hybridized carbons (Fsp3) is 0.318. The number of carbonyl (C=O) groups excluding carboxylic acids is 3. The monoisotopic (exact) mass is 418 g/mol. The zero-order chi connectivity index (χ0) is 21.2. The average molecular weight is 419 g/mol. The van der Waals surface area contributed by atoms with Crippen LogP contribution in [-0.2, 0) is 25.4 Å². The van der Waals surface area contributed by atoms with E-state index >= 15 is 0 Å². The molecular weight excluding hydrogens is 396 g/mol. The standard InChI is InChI=1S/C22H23ClO6/c1-3-27-21(25)17-12-10-16(19(20(17)23)22(26)28-4-2)11-13-18(29-14-24)15-8-6-5-7-9-15/h5-10,12,14,18H,3-4,11,13H2,1-2H3. The molecule has 154 valence electrons. The number of hydrogen-bond acceptors (Lipinski definition) is 6. The molecule has 0 aliphatic rings. The summed E-state index contributed by atoms with van der Waals surface area (Å²) in [5, 5.41) is -0.00744. The van der Waals surface area contributed by atoms with Crippen LogP contribution in [0.5, 0.6) is 0 Å². The van der Waals surface area contributed by atoms with Gasteiger partial charge in [0.05, 0.1) is 29.4 Å². The number of esters is 2. The van der Waals surface area contributed by atoms with Crippen LogP contribution in [-0.4, -0.2) is 31.6 Å². The fourth-order valence-corrected chi connectivity index (χ4v) is 3.29. The molecule has 0 aliphatic heterocycles. The van der Waals surface area contributed by atoms with Crippen LogP contribution in [0.3, 0.4) is 0 Å². The van der Waals surface area contributed by atoms with Gasteiger partial charge < -0.3 is 14.2 Å². The van der Waals surface area contributed by atoms with Crippen molar-refractivity contribution in [3.63, 3.8) is 0 Å². The number of carbonyl (C=O) groups is 3. The lowest BCUT2D eigenvalue weighted by molar-refractivity contribution is -0.134. The van der Waals surface area contributed by atoms with E-state index in [-0.39, 0.29) is 29.4 Å². The largest absolute Gasteiger partial charge is 0.462 e. The molecule has 0 fully saturated rings. The molecule has 0 saturated heterocycles. The summed E-state index contributed by atoms with van der Waals surface area (Å²) in [6.45, 7) is 4.13. The molecule has 0 aliphatic carbocycles. The van der Waals surface area contributed by atoms with Crippen LogP contribution in [0.1, 0.15) is 58.2 Å². The van der Waals surface area contributed by atoms with E-state index in [0.717, 1.165) is 5.56 Å². The molecule has 0 spiro atoms. The molecule has 2 aromatic rings. The molecule has 29 heavy (non-hydrogen) atoms. The van der Waals surface area contributed by atoms with E-state index in [1.807, 2.05) is 30.3 Å². The normalized spacial score (nSPS) is 11.4. The smallest absolute Gasteiger partial charge is 0.339 e. The van der Waals surface area contributed by atoms with E-state index in [9.17, 15) is 14.4 Å². The Hall–Kier alpha value is -2.86. The predicted molar refractivity (Wildman–Crippen MR) is 108 cm³/mol. The minimum Gasteiger partial charge on any atom is -0.462 e. The molecule has 0 N–H and O–H groups in total. The first-order valence-corrected chi connectivity index (χ1v) is 9.70. The molecule has 6 nitrogen and oxygen atoms in total. The van der Waals surface area contributed by atoms with Crippen LogP contribution < -0.4 is 0 Å². The quantitative estimate of drug-likeness (QED) is 0.320. The summed E-state index contributed by atoms with van der Waals surface area (Å²) < 4.78 is 15.3. The lowest BCUT2D eigenvalue weighted by Crippen LogP contribution is -2.14. The molecule has 0 radical (unpaired) electrons. The first kappa shape index (κ1) is 22.4. The first-order chi connectivity index (χ1) is 14.0. The highest BCUT2D eigenvalue weighted by Crippen LogP contribution is 2.30. The molecule has 1 atom stereocenters. The second-order valence-corrected chi connectivity index (χ2v) is 6.45. The Kier molecular flexibility index (Phi) is 8.68. The molecule has 0 saturated carbocycles. The van der Waals surface area contributed by atoms with Crippen molar-refractivity contribution in [1.29, 1.82) is 0 Å². The summed E-state index contributed by atoms with van der Waals surface area (Å²) in [4.78, 5) is 35.6. The molecule has 0 bridgehead atoms. The van der Waals surface area contributed by atoms with E-state index in [0.29, 0.717) is 24.9 Å². The Morgan fingerprint density at radius 3 is 2.28 bits per heavy atom. The van der Waals surface area contributed by atoms with Gasteiger partial charge in [0.15, 0.2) is 0 Å². The summed E-state index contributed by atoms with van der Waals surface area (Å²) in [5.74, 6) is -1.23. The van der Waals surface area contributed by atoms with Crippen LogP contribution in [0.4, 0.5) is 0 Å². The van der Waals surface area contributed by atoms with Gasteiger partial charge in [-0.2, -0.15) is 0 Å². The summed E-state index contributed by atoms with van der Waals surface area (Å²) in [6.07, 6.45) is 0.321. The van der Waals surface area contributed by atoms with Gasteiger partial charge in [-0.1, -0.05) is 48.0 Å². The molecular formula is C22H23ClO6. The highest BCUT2D eigenvalue weighted by molar-refractivity contribution is 6.36. The van der Waals surface area contributed by atoms with E-state index in [2.05, 4.69) is 0 Å². The van der Waals surface area contributed by atoms with Crippen LogP contribution in [0.2, 0.25) is 5.02 Å². The Balaban J connectivity index is 2.35. The molecule has 2 aromatic carbocycles. The van der Waals surface area contributed by atoms with Crippen LogP contribution >= 0.6 is 11.6 Å². The third kappa shape index (κ3) is 5.81. The number of rotatable bonds is 10. The molecule has 1 unspecified atom stereocenters. The van der Waals surface area contributed by atoms with Gasteiger partial charge in [-0.3, -0.25) is 4.79 Å². The van der Waals surface area contributed by atoms with Crippen LogP contribution in [0.25, 0.3) is 0 Å². The van der Waals surface area contributed by atoms with E-state index in [4.69, 9.17) is 25.8 Å². The highest BCUT2D eigenvalue weighted by Gasteiger charge is 2.24. The van der Waals surface area contributed by atoms with E-state index in [1.165, 1.54) is 6.07 Å². The van der Waals surface area contributed by atoms with Gasteiger partial charge in [0.2, 0.25) is 0 Å². The third-order valence-corrected chi connectivity index (χ3v) is 4.66. The maximum absolute atomic E-state index is 12.5. The number of ether oxygens (including phenoxy) is 3. The second kappa shape index (κ2) is 11.2. The zero-order valence-electron chi connectivity index (χ0n) is 16.4. The van der Waals surface area contributed by atoms with Crippen molar-refractivity contribution >= 4 is 30.0 Å². The zero-order valence-corrected chi connectivity index (χ0v) is 17.1. The highest BCUT2D eigenvalue weighted by atomic mass is 35.5. The summed E-state index contributed by atoms with van der Waals surface area (Å²) >= 11 is 6.38. The fourth-order valence-electron chi connectivity index (χ4n) is 2.95. The maximum atomic E-state index is 12.5. The molecule has 7 heteroatoms. The van der Waals surface area contributed by atoms with Gasteiger partial charge in [-0.25, -0.2) is 9.59 Å². The Morgan fingerprint density at radius 1 is 1.00 bits per heavy atom. The van der Waals surface area contributed by atoms with Crippen molar-refractivity contribution in [1.82, 2.24) is 0 Å². The average Bonchev–Trinajstić information content (AvgIpc) is 2.72. The van der Waals surface area contributed by atoms with Gasteiger partial charge in [-0.15, -0.1) is 0 Å². The van der Waals surface area contributed by atoms with Crippen molar-refractivity contribution in [2.24, 2.45) is 0 Å².